The molecule has 0 fully saturated rings. The molecule has 0 spiro atoms. The number of hydrogen-bond acceptors (Lipinski definition) is 2. The monoisotopic (exact) mass is 277 g/mol. The standard InChI is InChI=1S/C14H16ClN3O/c1-9(2)13-12(14(19)16-3)8-17-18(13)11-6-4-10(15)5-7-11/h4-9H,1-3H3,(H,16,19). The Morgan fingerprint density at radius 1 is 1.32 bits per heavy atom. The zero-order chi connectivity index (χ0) is 14.0. The molecule has 0 aliphatic carbocycles. The van der Waals surface area contributed by atoms with Crippen LogP contribution in [0.15, 0.2) is 30.5 Å². The molecule has 5 heteroatoms. The van der Waals surface area contributed by atoms with Gasteiger partial charge in [0.1, 0.15) is 0 Å². The molecule has 100 valence electrons. The summed E-state index contributed by atoms with van der Waals surface area (Å²) in [6.45, 7) is 4.08. The van der Waals surface area contributed by atoms with Gasteiger partial charge in [0.2, 0.25) is 0 Å². The lowest BCUT2D eigenvalue weighted by Gasteiger charge is -2.12. The number of carbonyl (C=O) groups is 1. The van der Waals surface area contributed by atoms with Crippen molar-refractivity contribution in [3.8, 4) is 5.69 Å². The maximum absolute atomic E-state index is 11.9. The second kappa shape index (κ2) is 5.45. The van der Waals surface area contributed by atoms with Crippen LogP contribution in [0.1, 0.15) is 35.8 Å². The summed E-state index contributed by atoms with van der Waals surface area (Å²) in [4.78, 5) is 11.9. The van der Waals surface area contributed by atoms with Crippen LogP contribution in [-0.4, -0.2) is 22.7 Å². The highest BCUT2D eigenvalue weighted by molar-refractivity contribution is 6.30. The number of halogens is 1. The van der Waals surface area contributed by atoms with E-state index in [0.29, 0.717) is 10.6 Å². The van der Waals surface area contributed by atoms with Crippen LogP contribution in [0.25, 0.3) is 5.69 Å². The van der Waals surface area contributed by atoms with Crippen LogP contribution in [0.2, 0.25) is 5.02 Å². The molecule has 0 radical (unpaired) electrons. The first-order chi connectivity index (χ1) is 9.04. The molecule has 1 heterocycles. The molecular formula is C14H16ClN3O. The molecule has 1 aromatic carbocycles. The number of nitrogens with one attached hydrogen (secondary N) is 1. The molecule has 0 saturated carbocycles. The summed E-state index contributed by atoms with van der Waals surface area (Å²) >= 11 is 5.89. The third-order valence-corrected chi connectivity index (χ3v) is 3.15. The fraction of sp³-hybridized carbons (Fsp3) is 0.286. The fourth-order valence-electron chi connectivity index (χ4n) is 2.01. The van der Waals surface area contributed by atoms with Gasteiger partial charge in [0.15, 0.2) is 0 Å². The van der Waals surface area contributed by atoms with Gasteiger partial charge >= 0.3 is 0 Å². The van der Waals surface area contributed by atoms with E-state index in [1.807, 2.05) is 38.1 Å². The SMILES string of the molecule is CNC(=O)c1cnn(-c2ccc(Cl)cc2)c1C(C)C. The minimum Gasteiger partial charge on any atom is -0.355 e. The second-order valence-electron chi connectivity index (χ2n) is 4.57. The third kappa shape index (κ3) is 2.63. The summed E-state index contributed by atoms with van der Waals surface area (Å²) in [7, 11) is 1.62. The van der Waals surface area contributed by atoms with Gasteiger partial charge in [-0.25, -0.2) is 4.68 Å². The molecule has 0 unspecified atom stereocenters. The van der Waals surface area contributed by atoms with Gasteiger partial charge in [-0.3, -0.25) is 4.79 Å². The maximum Gasteiger partial charge on any atom is 0.254 e. The Morgan fingerprint density at radius 3 is 2.47 bits per heavy atom. The van der Waals surface area contributed by atoms with Crippen LogP contribution in [0, 0.1) is 0 Å². The van der Waals surface area contributed by atoms with Crippen molar-refractivity contribution in [3.05, 3.63) is 46.7 Å². The highest BCUT2D eigenvalue weighted by Crippen LogP contribution is 2.23. The van der Waals surface area contributed by atoms with Crippen LogP contribution in [-0.2, 0) is 0 Å². The molecule has 0 bridgehead atoms. The van der Waals surface area contributed by atoms with Crippen molar-refractivity contribution >= 4 is 17.5 Å². The van der Waals surface area contributed by atoms with Crippen LogP contribution in [0.3, 0.4) is 0 Å². The summed E-state index contributed by atoms with van der Waals surface area (Å²) in [5.41, 5.74) is 2.39. The van der Waals surface area contributed by atoms with E-state index in [4.69, 9.17) is 11.6 Å². The van der Waals surface area contributed by atoms with Crippen molar-refractivity contribution < 1.29 is 4.79 Å². The minimum absolute atomic E-state index is 0.121. The van der Waals surface area contributed by atoms with Crippen molar-refractivity contribution in [1.29, 1.82) is 0 Å². The summed E-state index contributed by atoms with van der Waals surface area (Å²) in [5.74, 6) is 0.0643. The predicted molar refractivity (Wildman–Crippen MR) is 76.1 cm³/mol. The lowest BCUT2D eigenvalue weighted by molar-refractivity contribution is 0.0961. The molecule has 1 N–H and O–H groups in total. The largest absolute Gasteiger partial charge is 0.355 e. The number of hydrogen-bond donors (Lipinski definition) is 1. The van der Waals surface area contributed by atoms with Crippen molar-refractivity contribution in [2.75, 3.05) is 7.05 Å². The first-order valence-electron chi connectivity index (χ1n) is 6.10. The zero-order valence-electron chi connectivity index (χ0n) is 11.1. The summed E-state index contributed by atoms with van der Waals surface area (Å²) in [6, 6.07) is 7.38. The molecule has 1 aromatic heterocycles. The maximum atomic E-state index is 11.9. The average Bonchev–Trinajstić information content (AvgIpc) is 2.83. The molecule has 4 nitrogen and oxygen atoms in total. The Hall–Kier alpha value is -1.81. The molecular weight excluding hydrogens is 262 g/mol. The Bertz CT molecular complexity index is 587. The molecule has 0 aliphatic rings. The fourth-order valence-corrected chi connectivity index (χ4v) is 2.14. The van der Waals surface area contributed by atoms with E-state index >= 15 is 0 Å². The Kier molecular flexibility index (Phi) is 3.90. The zero-order valence-corrected chi connectivity index (χ0v) is 11.9. The molecule has 0 aliphatic heterocycles. The number of nitrogens with zero attached hydrogens (tertiary/aromatic N) is 2. The highest BCUT2D eigenvalue weighted by atomic mass is 35.5. The number of benzene rings is 1. The smallest absolute Gasteiger partial charge is 0.254 e. The average molecular weight is 278 g/mol. The van der Waals surface area contributed by atoms with Crippen molar-refractivity contribution in [3.63, 3.8) is 0 Å². The van der Waals surface area contributed by atoms with Gasteiger partial charge in [-0.15, -0.1) is 0 Å². The van der Waals surface area contributed by atoms with Crippen molar-refractivity contribution in [2.45, 2.75) is 19.8 Å². The molecule has 0 atom stereocenters. The molecule has 0 saturated heterocycles. The normalized spacial score (nSPS) is 10.8. The third-order valence-electron chi connectivity index (χ3n) is 2.90. The van der Waals surface area contributed by atoms with Crippen LogP contribution >= 0.6 is 11.6 Å². The van der Waals surface area contributed by atoms with Gasteiger partial charge in [-0.2, -0.15) is 5.10 Å². The molecule has 2 rings (SSSR count). The summed E-state index contributed by atoms with van der Waals surface area (Å²) in [5, 5.41) is 7.63. The number of amides is 1. The highest BCUT2D eigenvalue weighted by Gasteiger charge is 2.19. The van der Waals surface area contributed by atoms with E-state index in [1.54, 1.807) is 17.9 Å². The van der Waals surface area contributed by atoms with E-state index in [2.05, 4.69) is 10.4 Å². The van der Waals surface area contributed by atoms with Gasteiger partial charge in [-0.1, -0.05) is 25.4 Å². The summed E-state index contributed by atoms with van der Waals surface area (Å²) in [6.07, 6.45) is 1.60. The minimum atomic E-state index is -0.121. The quantitative estimate of drug-likeness (QED) is 0.937. The van der Waals surface area contributed by atoms with Crippen molar-refractivity contribution in [1.82, 2.24) is 15.1 Å². The lowest BCUT2D eigenvalue weighted by Crippen LogP contribution is -2.20. The molecule has 2 aromatic rings. The molecule has 1 amide bonds. The first kappa shape index (κ1) is 13.6. The first-order valence-corrected chi connectivity index (χ1v) is 6.48. The number of rotatable bonds is 3. The molecule has 19 heavy (non-hydrogen) atoms. The lowest BCUT2D eigenvalue weighted by atomic mass is 10.1. The van der Waals surface area contributed by atoms with E-state index in [9.17, 15) is 4.79 Å². The Labute approximate surface area is 117 Å². The van der Waals surface area contributed by atoms with Gasteiger partial charge in [-0.05, 0) is 30.2 Å². The van der Waals surface area contributed by atoms with Gasteiger partial charge in [0.25, 0.3) is 5.91 Å². The van der Waals surface area contributed by atoms with E-state index in [1.165, 1.54) is 0 Å². The van der Waals surface area contributed by atoms with Gasteiger partial charge in [0, 0.05) is 12.1 Å². The topological polar surface area (TPSA) is 46.9 Å². The number of carbonyl (C=O) groups excluding carboxylic acids is 1. The predicted octanol–water partition coefficient (Wildman–Crippen LogP) is 3.01. The van der Waals surface area contributed by atoms with Crippen molar-refractivity contribution in [2.24, 2.45) is 0 Å². The van der Waals surface area contributed by atoms with Gasteiger partial charge < -0.3 is 5.32 Å². The number of aromatic nitrogens is 2. The van der Waals surface area contributed by atoms with Crippen LogP contribution < -0.4 is 5.32 Å². The van der Waals surface area contributed by atoms with E-state index < -0.39 is 0 Å². The van der Waals surface area contributed by atoms with Gasteiger partial charge in [0.05, 0.1) is 23.1 Å². The Balaban J connectivity index is 2.55. The summed E-state index contributed by atoms with van der Waals surface area (Å²) < 4.78 is 1.78. The van der Waals surface area contributed by atoms with E-state index in [-0.39, 0.29) is 11.8 Å². The van der Waals surface area contributed by atoms with E-state index in [0.717, 1.165) is 11.4 Å². The van der Waals surface area contributed by atoms with Crippen LogP contribution in [0.4, 0.5) is 0 Å². The Morgan fingerprint density at radius 2 is 1.95 bits per heavy atom. The second-order valence-corrected chi connectivity index (χ2v) is 5.00. The van der Waals surface area contributed by atoms with Crippen LogP contribution in [0.5, 0.6) is 0 Å².